The lowest BCUT2D eigenvalue weighted by molar-refractivity contribution is 0.0162. The summed E-state index contributed by atoms with van der Waals surface area (Å²) in [5.74, 6) is 2.77. The molecule has 0 spiro atoms. The summed E-state index contributed by atoms with van der Waals surface area (Å²) in [4.78, 5) is 15.2. The van der Waals surface area contributed by atoms with Crippen LogP contribution >= 0.6 is 0 Å². The van der Waals surface area contributed by atoms with Crippen molar-refractivity contribution in [3.63, 3.8) is 0 Å². The molecular weight excluding hydrogens is 408 g/mol. The summed E-state index contributed by atoms with van der Waals surface area (Å²) in [6, 6.07) is 13.3. The Hall–Kier alpha value is -2.77. The Bertz CT molecular complexity index is 892. The molecule has 7 nitrogen and oxygen atoms in total. The minimum atomic E-state index is -0.0996. The Morgan fingerprint density at radius 2 is 1.78 bits per heavy atom. The molecule has 4 rings (SSSR count). The van der Waals surface area contributed by atoms with E-state index in [4.69, 9.17) is 18.9 Å². The average molecular weight is 441 g/mol. The number of nitrogens with one attached hydrogen (secondary N) is 1. The number of carbonyl (C=O) groups excluding carboxylic acids is 1. The molecule has 1 saturated heterocycles. The van der Waals surface area contributed by atoms with E-state index in [1.807, 2.05) is 42.5 Å². The summed E-state index contributed by atoms with van der Waals surface area (Å²) in [6.45, 7) is 4.22. The van der Waals surface area contributed by atoms with Crippen LogP contribution in [-0.2, 0) is 4.74 Å². The van der Waals surface area contributed by atoms with E-state index in [-0.39, 0.29) is 11.9 Å². The van der Waals surface area contributed by atoms with Crippen molar-refractivity contribution < 1.29 is 23.7 Å². The molecule has 2 aromatic carbocycles. The number of methoxy groups -OCH3 is 2. The second-order valence-corrected chi connectivity index (χ2v) is 8.27. The normalized spacial score (nSPS) is 17.4. The summed E-state index contributed by atoms with van der Waals surface area (Å²) in [7, 11) is 3.25. The minimum absolute atomic E-state index is 0.00352. The lowest BCUT2D eigenvalue weighted by Crippen LogP contribution is -2.43. The minimum Gasteiger partial charge on any atom is -0.493 e. The van der Waals surface area contributed by atoms with Gasteiger partial charge >= 0.3 is 0 Å². The van der Waals surface area contributed by atoms with Gasteiger partial charge in [0.25, 0.3) is 5.91 Å². The van der Waals surface area contributed by atoms with Crippen molar-refractivity contribution in [1.29, 1.82) is 0 Å². The van der Waals surface area contributed by atoms with Crippen molar-refractivity contribution in [3.05, 3.63) is 53.6 Å². The molecule has 1 saturated carbocycles. The van der Waals surface area contributed by atoms with Crippen LogP contribution in [0.1, 0.15) is 34.8 Å². The summed E-state index contributed by atoms with van der Waals surface area (Å²) in [5.41, 5.74) is 1.69. The molecule has 2 fully saturated rings. The SMILES string of the molecule is COc1ccc(C(CNC(=O)c2ccc(OCC3CC3)cc2)N2CCOCC2)cc1OC. The van der Waals surface area contributed by atoms with Crippen molar-refractivity contribution in [2.45, 2.75) is 18.9 Å². The van der Waals surface area contributed by atoms with Gasteiger partial charge in [-0.1, -0.05) is 6.07 Å². The quantitative estimate of drug-likeness (QED) is 0.612. The van der Waals surface area contributed by atoms with Gasteiger partial charge in [-0.05, 0) is 60.7 Å². The molecular formula is C25H32N2O5. The van der Waals surface area contributed by atoms with Crippen LogP contribution in [0.2, 0.25) is 0 Å². The number of amides is 1. The molecule has 1 atom stereocenters. The fourth-order valence-corrected chi connectivity index (χ4v) is 3.90. The first kappa shape index (κ1) is 22.4. The van der Waals surface area contributed by atoms with Gasteiger partial charge in [0.1, 0.15) is 5.75 Å². The van der Waals surface area contributed by atoms with E-state index in [1.54, 1.807) is 14.2 Å². The van der Waals surface area contributed by atoms with E-state index in [0.29, 0.717) is 42.7 Å². The molecule has 0 radical (unpaired) electrons. The molecule has 1 heterocycles. The predicted octanol–water partition coefficient (Wildman–Crippen LogP) is 3.30. The van der Waals surface area contributed by atoms with Crippen molar-refractivity contribution in [3.8, 4) is 17.2 Å². The Labute approximate surface area is 189 Å². The molecule has 1 aliphatic heterocycles. The third-order valence-corrected chi connectivity index (χ3v) is 6.03. The zero-order chi connectivity index (χ0) is 22.3. The summed E-state index contributed by atoms with van der Waals surface area (Å²) in [6.07, 6.45) is 2.51. The lowest BCUT2D eigenvalue weighted by atomic mass is 10.0. The van der Waals surface area contributed by atoms with Gasteiger partial charge < -0.3 is 24.3 Å². The van der Waals surface area contributed by atoms with Crippen LogP contribution in [0.15, 0.2) is 42.5 Å². The van der Waals surface area contributed by atoms with Crippen LogP contribution in [0, 0.1) is 5.92 Å². The Kier molecular flexibility index (Phi) is 7.50. The average Bonchev–Trinajstić information content (AvgIpc) is 3.68. The molecule has 2 aromatic rings. The maximum absolute atomic E-state index is 12.8. The van der Waals surface area contributed by atoms with Gasteiger partial charge in [-0.2, -0.15) is 0 Å². The molecule has 0 bridgehead atoms. The van der Waals surface area contributed by atoms with Crippen LogP contribution in [0.3, 0.4) is 0 Å². The van der Waals surface area contributed by atoms with Gasteiger partial charge in [-0.15, -0.1) is 0 Å². The topological polar surface area (TPSA) is 69.3 Å². The molecule has 172 valence electrons. The second kappa shape index (κ2) is 10.7. The maximum atomic E-state index is 12.8. The van der Waals surface area contributed by atoms with Crippen LogP contribution in [0.5, 0.6) is 17.2 Å². The number of hydrogen-bond acceptors (Lipinski definition) is 6. The van der Waals surface area contributed by atoms with Crippen LogP contribution in [0.25, 0.3) is 0 Å². The van der Waals surface area contributed by atoms with Crippen LogP contribution in [-0.4, -0.2) is 64.5 Å². The largest absolute Gasteiger partial charge is 0.493 e. The monoisotopic (exact) mass is 440 g/mol. The van der Waals surface area contributed by atoms with Crippen molar-refractivity contribution >= 4 is 5.91 Å². The first-order chi connectivity index (χ1) is 15.7. The first-order valence-electron chi connectivity index (χ1n) is 11.2. The number of rotatable bonds is 10. The predicted molar refractivity (Wildman–Crippen MR) is 122 cm³/mol. The molecule has 7 heteroatoms. The zero-order valence-electron chi connectivity index (χ0n) is 18.8. The molecule has 1 unspecified atom stereocenters. The van der Waals surface area contributed by atoms with Gasteiger partial charge in [0.05, 0.1) is 40.1 Å². The van der Waals surface area contributed by atoms with E-state index in [2.05, 4.69) is 10.2 Å². The summed E-state index contributed by atoms with van der Waals surface area (Å²) in [5, 5.41) is 3.11. The van der Waals surface area contributed by atoms with Crippen molar-refractivity contribution in [2.24, 2.45) is 5.92 Å². The molecule has 1 aliphatic carbocycles. The third-order valence-electron chi connectivity index (χ3n) is 6.03. The maximum Gasteiger partial charge on any atom is 0.251 e. The van der Waals surface area contributed by atoms with E-state index >= 15 is 0 Å². The highest BCUT2D eigenvalue weighted by molar-refractivity contribution is 5.94. The summed E-state index contributed by atoms with van der Waals surface area (Å²) < 4.78 is 22.2. The van der Waals surface area contributed by atoms with Crippen LogP contribution < -0.4 is 19.5 Å². The molecule has 32 heavy (non-hydrogen) atoms. The molecule has 2 aliphatic rings. The fraction of sp³-hybridized carbons (Fsp3) is 0.480. The Balaban J connectivity index is 1.43. The van der Waals surface area contributed by atoms with Gasteiger partial charge in [0.2, 0.25) is 0 Å². The van der Waals surface area contributed by atoms with Crippen LogP contribution in [0.4, 0.5) is 0 Å². The van der Waals surface area contributed by atoms with Gasteiger partial charge in [-0.3, -0.25) is 9.69 Å². The van der Waals surface area contributed by atoms with Gasteiger partial charge in [0, 0.05) is 25.2 Å². The smallest absolute Gasteiger partial charge is 0.251 e. The lowest BCUT2D eigenvalue weighted by Gasteiger charge is -2.35. The van der Waals surface area contributed by atoms with E-state index in [9.17, 15) is 4.79 Å². The van der Waals surface area contributed by atoms with Gasteiger partial charge in [-0.25, -0.2) is 0 Å². The summed E-state index contributed by atoms with van der Waals surface area (Å²) >= 11 is 0. The fourth-order valence-electron chi connectivity index (χ4n) is 3.90. The Morgan fingerprint density at radius 3 is 2.44 bits per heavy atom. The third kappa shape index (κ3) is 5.72. The highest BCUT2D eigenvalue weighted by Crippen LogP contribution is 2.32. The number of carbonyl (C=O) groups is 1. The Morgan fingerprint density at radius 1 is 1.06 bits per heavy atom. The van der Waals surface area contributed by atoms with E-state index in [1.165, 1.54) is 12.8 Å². The zero-order valence-corrected chi connectivity index (χ0v) is 18.8. The van der Waals surface area contributed by atoms with Crippen molar-refractivity contribution in [1.82, 2.24) is 10.2 Å². The van der Waals surface area contributed by atoms with Crippen molar-refractivity contribution in [2.75, 3.05) is 53.7 Å². The standard InChI is InChI=1S/C25H32N2O5/c1-29-23-10-7-20(15-24(23)30-2)22(27-11-13-31-14-12-27)16-26-25(28)19-5-8-21(9-6-19)32-17-18-3-4-18/h5-10,15,18,22H,3-4,11-14,16-17H2,1-2H3,(H,26,28). The highest BCUT2D eigenvalue weighted by atomic mass is 16.5. The van der Waals surface area contributed by atoms with Gasteiger partial charge in [0.15, 0.2) is 11.5 Å². The number of nitrogens with zero attached hydrogens (tertiary/aromatic N) is 1. The molecule has 1 N–H and O–H groups in total. The highest BCUT2D eigenvalue weighted by Gasteiger charge is 2.25. The number of ether oxygens (including phenoxy) is 4. The van der Waals surface area contributed by atoms with E-state index in [0.717, 1.165) is 31.0 Å². The molecule has 0 aromatic heterocycles. The number of morpholine rings is 1. The van der Waals surface area contributed by atoms with E-state index < -0.39 is 0 Å². The first-order valence-corrected chi connectivity index (χ1v) is 11.2. The second-order valence-electron chi connectivity index (χ2n) is 8.27. The molecule has 1 amide bonds. The number of hydrogen-bond donors (Lipinski definition) is 1. The number of benzene rings is 2.